The predicted molar refractivity (Wildman–Crippen MR) is 117 cm³/mol. The van der Waals surface area contributed by atoms with E-state index in [4.69, 9.17) is 9.73 Å². The molecule has 7 heteroatoms. The largest absolute Gasteiger partial charge is 0.475 e. The van der Waals surface area contributed by atoms with E-state index in [0.717, 1.165) is 24.6 Å². The van der Waals surface area contributed by atoms with Crippen molar-refractivity contribution in [3.8, 4) is 5.88 Å². The van der Waals surface area contributed by atoms with Crippen LogP contribution in [0.15, 0.2) is 41.7 Å². The minimum absolute atomic E-state index is 0. The summed E-state index contributed by atoms with van der Waals surface area (Å²) in [6.07, 6.45) is 4.00. The molecule has 0 saturated carbocycles. The van der Waals surface area contributed by atoms with Crippen molar-refractivity contribution < 1.29 is 4.74 Å². The molecule has 0 amide bonds. The summed E-state index contributed by atoms with van der Waals surface area (Å²) < 4.78 is 7.69. The number of aliphatic imine (C=N–C) groups is 1. The van der Waals surface area contributed by atoms with Gasteiger partial charge in [-0.3, -0.25) is 0 Å². The number of aryl methyl sites for hydroxylation is 1. The normalized spacial score (nSPS) is 11.2. The van der Waals surface area contributed by atoms with Gasteiger partial charge < -0.3 is 19.5 Å². The Morgan fingerprint density at radius 2 is 2.12 bits per heavy atom. The molecule has 0 fully saturated rings. The third kappa shape index (κ3) is 6.86. The van der Waals surface area contributed by atoms with Gasteiger partial charge in [0.05, 0.1) is 19.2 Å². The zero-order valence-corrected chi connectivity index (χ0v) is 18.6. The van der Waals surface area contributed by atoms with Crippen molar-refractivity contribution >= 4 is 29.9 Å². The highest BCUT2D eigenvalue weighted by molar-refractivity contribution is 14.0. The van der Waals surface area contributed by atoms with Gasteiger partial charge in [-0.2, -0.15) is 0 Å². The summed E-state index contributed by atoms with van der Waals surface area (Å²) in [7, 11) is 4.10. The topological polar surface area (TPSA) is 54.7 Å². The van der Waals surface area contributed by atoms with Crippen molar-refractivity contribution in [2.75, 3.05) is 13.6 Å². The van der Waals surface area contributed by atoms with Crippen molar-refractivity contribution in [3.05, 3.63) is 47.9 Å². The van der Waals surface area contributed by atoms with Crippen LogP contribution in [0, 0.1) is 0 Å². The Bertz CT molecular complexity index is 681. The number of ether oxygens (including phenoxy) is 1. The fourth-order valence-electron chi connectivity index (χ4n) is 2.43. The fourth-order valence-corrected chi connectivity index (χ4v) is 2.43. The van der Waals surface area contributed by atoms with E-state index in [1.54, 1.807) is 0 Å². The molecule has 2 aromatic heterocycles. The summed E-state index contributed by atoms with van der Waals surface area (Å²) in [5.41, 5.74) is 2.30. The first kappa shape index (κ1) is 22.3. The van der Waals surface area contributed by atoms with Crippen LogP contribution in [-0.4, -0.2) is 40.1 Å². The molecule has 144 valence electrons. The molecular weight excluding hydrogens is 441 g/mol. The van der Waals surface area contributed by atoms with Crippen LogP contribution < -0.4 is 10.1 Å². The lowest BCUT2D eigenvalue weighted by Gasteiger charge is -2.22. The van der Waals surface area contributed by atoms with E-state index in [0.29, 0.717) is 12.4 Å². The van der Waals surface area contributed by atoms with Gasteiger partial charge in [-0.15, -0.1) is 24.0 Å². The van der Waals surface area contributed by atoms with Crippen LogP contribution >= 0.6 is 24.0 Å². The second kappa shape index (κ2) is 11.1. The van der Waals surface area contributed by atoms with Crippen molar-refractivity contribution in [1.29, 1.82) is 0 Å². The number of hydrogen-bond acceptors (Lipinski definition) is 3. The monoisotopic (exact) mass is 471 g/mol. The molecule has 0 atom stereocenters. The maximum atomic E-state index is 5.57. The number of guanidine groups is 1. The summed E-state index contributed by atoms with van der Waals surface area (Å²) in [4.78, 5) is 11.2. The predicted octanol–water partition coefficient (Wildman–Crippen LogP) is 3.42. The minimum atomic E-state index is 0. The van der Waals surface area contributed by atoms with Crippen LogP contribution in [0.1, 0.15) is 32.0 Å². The molecule has 0 aliphatic rings. The highest BCUT2D eigenvalue weighted by atomic mass is 127. The van der Waals surface area contributed by atoms with Crippen molar-refractivity contribution in [1.82, 2.24) is 19.8 Å². The number of halogens is 1. The van der Waals surface area contributed by atoms with Crippen LogP contribution in [0.25, 0.3) is 0 Å². The zero-order valence-electron chi connectivity index (χ0n) is 16.3. The van der Waals surface area contributed by atoms with Gasteiger partial charge in [-0.1, -0.05) is 6.07 Å². The molecule has 2 aromatic rings. The van der Waals surface area contributed by atoms with Gasteiger partial charge in [0.15, 0.2) is 5.96 Å². The maximum Gasteiger partial charge on any atom is 0.213 e. The smallest absolute Gasteiger partial charge is 0.213 e. The Labute approximate surface area is 173 Å². The van der Waals surface area contributed by atoms with Gasteiger partial charge >= 0.3 is 0 Å². The Morgan fingerprint density at radius 3 is 2.65 bits per heavy atom. The van der Waals surface area contributed by atoms with Crippen LogP contribution in [0.3, 0.4) is 0 Å². The van der Waals surface area contributed by atoms with Crippen LogP contribution in [-0.2, 0) is 20.1 Å². The van der Waals surface area contributed by atoms with E-state index in [1.807, 2.05) is 39.2 Å². The number of nitrogens with one attached hydrogen (secondary N) is 1. The van der Waals surface area contributed by atoms with Crippen LogP contribution in [0.5, 0.6) is 5.88 Å². The molecule has 0 aliphatic carbocycles. The number of aromatic nitrogens is 2. The molecule has 1 N–H and O–H groups in total. The zero-order chi connectivity index (χ0) is 18.2. The third-order valence-corrected chi connectivity index (χ3v) is 3.71. The second-order valence-corrected chi connectivity index (χ2v) is 6.31. The molecule has 0 radical (unpaired) electrons. The lowest BCUT2D eigenvalue weighted by atomic mass is 10.3. The number of rotatable bonds is 7. The summed E-state index contributed by atoms with van der Waals surface area (Å²) in [6.45, 7) is 8.26. The van der Waals surface area contributed by atoms with Gasteiger partial charge in [0.1, 0.15) is 0 Å². The number of pyridine rings is 1. The molecule has 2 rings (SSSR count). The number of hydrogen-bond donors (Lipinski definition) is 1. The maximum absolute atomic E-state index is 5.57. The van der Waals surface area contributed by atoms with Gasteiger partial charge in [-0.05, 0) is 38.5 Å². The molecule has 0 spiro atoms. The lowest BCUT2D eigenvalue weighted by Crippen LogP contribution is -2.38. The SMILES string of the molecule is CCNC(=NCc1ccc(OC(C)C)nc1)N(C)Cc1cccn1C.I. The highest BCUT2D eigenvalue weighted by Gasteiger charge is 2.08. The fraction of sp³-hybridized carbons (Fsp3) is 0.474. The van der Waals surface area contributed by atoms with E-state index >= 15 is 0 Å². The van der Waals surface area contributed by atoms with Crippen molar-refractivity contribution in [2.24, 2.45) is 12.0 Å². The minimum Gasteiger partial charge on any atom is -0.475 e. The Kier molecular flexibility index (Phi) is 9.47. The first-order chi connectivity index (χ1) is 12.0. The van der Waals surface area contributed by atoms with Crippen molar-refractivity contribution in [2.45, 2.75) is 40.0 Å². The van der Waals surface area contributed by atoms with E-state index in [9.17, 15) is 0 Å². The average Bonchev–Trinajstić information content (AvgIpc) is 2.97. The molecular formula is C19H30IN5O. The second-order valence-electron chi connectivity index (χ2n) is 6.31. The van der Waals surface area contributed by atoms with E-state index in [1.165, 1.54) is 5.69 Å². The van der Waals surface area contributed by atoms with Gasteiger partial charge in [0, 0.05) is 44.8 Å². The quantitative estimate of drug-likeness (QED) is 0.382. The van der Waals surface area contributed by atoms with E-state index in [2.05, 4.69) is 52.1 Å². The van der Waals surface area contributed by atoms with Crippen LogP contribution in [0.4, 0.5) is 0 Å². The first-order valence-electron chi connectivity index (χ1n) is 8.70. The Balaban J connectivity index is 0.00000338. The Hall–Kier alpha value is -1.77. The molecule has 0 aromatic carbocycles. The average molecular weight is 471 g/mol. The van der Waals surface area contributed by atoms with Gasteiger partial charge in [0.2, 0.25) is 5.88 Å². The highest BCUT2D eigenvalue weighted by Crippen LogP contribution is 2.11. The molecule has 0 bridgehead atoms. The molecule has 6 nitrogen and oxygen atoms in total. The Morgan fingerprint density at radius 1 is 1.35 bits per heavy atom. The third-order valence-electron chi connectivity index (χ3n) is 3.71. The summed E-state index contributed by atoms with van der Waals surface area (Å²) >= 11 is 0. The standard InChI is InChI=1S/C19H29N5O.HI/c1-6-20-19(24(5)14-17-8-7-11-23(17)4)22-13-16-9-10-18(21-12-16)25-15(2)3;/h7-12,15H,6,13-14H2,1-5H3,(H,20,22);1H. The van der Waals surface area contributed by atoms with Gasteiger partial charge in [-0.25, -0.2) is 9.98 Å². The summed E-state index contributed by atoms with van der Waals surface area (Å²) in [5, 5.41) is 3.34. The molecule has 0 unspecified atom stereocenters. The summed E-state index contributed by atoms with van der Waals surface area (Å²) in [6, 6.07) is 8.08. The molecule has 0 aliphatic heterocycles. The first-order valence-corrected chi connectivity index (χ1v) is 8.70. The van der Waals surface area contributed by atoms with E-state index < -0.39 is 0 Å². The summed E-state index contributed by atoms with van der Waals surface area (Å²) in [5.74, 6) is 1.53. The number of nitrogens with zero attached hydrogens (tertiary/aromatic N) is 4. The molecule has 26 heavy (non-hydrogen) atoms. The van der Waals surface area contributed by atoms with Gasteiger partial charge in [0.25, 0.3) is 0 Å². The van der Waals surface area contributed by atoms with E-state index in [-0.39, 0.29) is 30.1 Å². The van der Waals surface area contributed by atoms with Crippen molar-refractivity contribution in [3.63, 3.8) is 0 Å². The lowest BCUT2D eigenvalue weighted by molar-refractivity contribution is 0.232. The molecule has 0 saturated heterocycles. The molecule has 2 heterocycles. The van der Waals surface area contributed by atoms with Crippen LogP contribution in [0.2, 0.25) is 0 Å².